The lowest BCUT2D eigenvalue weighted by molar-refractivity contribution is 0.775. The highest BCUT2D eigenvalue weighted by atomic mass is 35.5. The number of aryl methyl sites for hydroxylation is 2. The molecule has 3 rings (SSSR count). The molecule has 4 nitrogen and oxygen atoms in total. The number of nitrogens with two attached hydrogens (primary N) is 1. The third-order valence-electron chi connectivity index (χ3n) is 3.67. The molecule has 0 unspecified atom stereocenters. The molecule has 5 heteroatoms. The number of hydrogen-bond donors (Lipinski definition) is 1. The van der Waals surface area contributed by atoms with E-state index in [0.717, 1.165) is 32.9 Å². The minimum Gasteiger partial charge on any atom is -0.396 e. The fourth-order valence-corrected chi connectivity index (χ4v) is 2.88. The van der Waals surface area contributed by atoms with Gasteiger partial charge in [0.15, 0.2) is 0 Å². The molecule has 2 N–H and O–H groups in total. The van der Waals surface area contributed by atoms with Crippen LogP contribution in [0.15, 0.2) is 24.4 Å². The summed E-state index contributed by atoms with van der Waals surface area (Å²) in [6, 6.07) is 5.92. The number of aromatic nitrogens is 3. The van der Waals surface area contributed by atoms with Crippen molar-refractivity contribution in [3.8, 4) is 11.3 Å². The number of anilines is 1. The lowest BCUT2D eigenvalue weighted by Gasteiger charge is -2.05. The first-order chi connectivity index (χ1) is 9.02. The Hall–Kier alpha value is -1.94. The Morgan fingerprint density at radius 3 is 2.63 bits per heavy atom. The topological polar surface area (TPSA) is 48.8 Å². The third kappa shape index (κ3) is 1.56. The highest BCUT2D eigenvalue weighted by Gasteiger charge is 2.20. The molecule has 0 bridgehead atoms. The van der Waals surface area contributed by atoms with Crippen LogP contribution in [0.5, 0.6) is 0 Å². The van der Waals surface area contributed by atoms with Gasteiger partial charge in [0.1, 0.15) is 0 Å². The van der Waals surface area contributed by atoms with E-state index in [4.69, 9.17) is 17.3 Å². The van der Waals surface area contributed by atoms with E-state index in [2.05, 4.69) is 22.7 Å². The molecule has 98 valence electrons. The maximum absolute atomic E-state index is 6.39. The van der Waals surface area contributed by atoms with Crippen LogP contribution in [0.1, 0.15) is 5.69 Å². The standard InChI is InChI=1S/C14H15ClN4/c1-8-12(14-10(16)7-17-19(14)3)13-9(15)5-4-6-11(13)18(8)2/h4-7H,16H2,1-3H3. The van der Waals surface area contributed by atoms with E-state index >= 15 is 0 Å². The molecule has 0 atom stereocenters. The second-order valence-corrected chi connectivity index (χ2v) is 5.13. The Kier molecular flexibility index (Phi) is 2.57. The Labute approximate surface area is 116 Å². The summed E-state index contributed by atoms with van der Waals surface area (Å²) in [5.41, 5.74) is 10.9. The summed E-state index contributed by atoms with van der Waals surface area (Å²) in [5, 5.41) is 5.98. The van der Waals surface area contributed by atoms with E-state index in [9.17, 15) is 0 Å². The van der Waals surface area contributed by atoms with Crippen LogP contribution in [-0.4, -0.2) is 14.3 Å². The summed E-state index contributed by atoms with van der Waals surface area (Å²) in [6.07, 6.45) is 1.67. The third-order valence-corrected chi connectivity index (χ3v) is 3.99. The van der Waals surface area contributed by atoms with Gasteiger partial charge in [-0.1, -0.05) is 17.7 Å². The molecule has 0 saturated carbocycles. The predicted octanol–water partition coefficient (Wildman–Crippen LogP) is 3.12. The van der Waals surface area contributed by atoms with Gasteiger partial charge in [-0.25, -0.2) is 0 Å². The van der Waals surface area contributed by atoms with Gasteiger partial charge in [0, 0.05) is 30.7 Å². The van der Waals surface area contributed by atoms with Crippen molar-refractivity contribution in [1.29, 1.82) is 0 Å². The zero-order valence-corrected chi connectivity index (χ0v) is 11.9. The van der Waals surface area contributed by atoms with Crippen molar-refractivity contribution < 1.29 is 0 Å². The minimum absolute atomic E-state index is 0.665. The molecule has 3 aromatic rings. The number of nitrogens with zero attached hydrogens (tertiary/aromatic N) is 3. The van der Waals surface area contributed by atoms with E-state index < -0.39 is 0 Å². The summed E-state index contributed by atoms with van der Waals surface area (Å²) in [7, 11) is 3.92. The van der Waals surface area contributed by atoms with Crippen LogP contribution >= 0.6 is 11.6 Å². The Bertz CT molecular complexity index is 763. The van der Waals surface area contributed by atoms with E-state index in [1.165, 1.54) is 0 Å². The lowest BCUT2D eigenvalue weighted by Crippen LogP contribution is -1.98. The normalized spacial score (nSPS) is 11.4. The molecule has 1 aromatic carbocycles. The Balaban J connectivity index is 2.52. The Morgan fingerprint density at radius 1 is 1.26 bits per heavy atom. The molecule has 0 aliphatic heterocycles. The van der Waals surface area contributed by atoms with Crippen molar-refractivity contribution in [3.63, 3.8) is 0 Å². The van der Waals surface area contributed by atoms with Crippen molar-refractivity contribution in [2.45, 2.75) is 6.92 Å². The van der Waals surface area contributed by atoms with Gasteiger partial charge in [-0.05, 0) is 19.1 Å². The first-order valence-corrected chi connectivity index (χ1v) is 6.41. The van der Waals surface area contributed by atoms with Gasteiger partial charge in [0.25, 0.3) is 0 Å². The number of halogens is 1. The first kappa shape index (κ1) is 12.1. The molecule has 0 radical (unpaired) electrons. The molecule has 0 fully saturated rings. The van der Waals surface area contributed by atoms with E-state index in [1.807, 2.05) is 26.2 Å². The molecule has 0 amide bonds. The lowest BCUT2D eigenvalue weighted by atomic mass is 10.1. The number of rotatable bonds is 1. The van der Waals surface area contributed by atoms with Crippen LogP contribution < -0.4 is 5.73 Å². The van der Waals surface area contributed by atoms with Crippen molar-refractivity contribution in [3.05, 3.63) is 35.1 Å². The van der Waals surface area contributed by atoms with E-state index in [-0.39, 0.29) is 0 Å². The molecule has 2 heterocycles. The van der Waals surface area contributed by atoms with Gasteiger partial charge in [-0.15, -0.1) is 0 Å². The van der Waals surface area contributed by atoms with Crippen molar-refractivity contribution >= 4 is 28.2 Å². The van der Waals surface area contributed by atoms with Crippen LogP contribution in [0.4, 0.5) is 5.69 Å². The smallest absolute Gasteiger partial charge is 0.0933 e. The van der Waals surface area contributed by atoms with Crippen LogP contribution in [0.2, 0.25) is 5.02 Å². The Morgan fingerprint density at radius 2 is 2.00 bits per heavy atom. The SMILES string of the molecule is Cc1c(-c2c(N)cnn2C)c2c(Cl)cccc2n1C. The van der Waals surface area contributed by atoms with Crippen LogP contribution in [-0.2, 0) is 14.1 Å². The zero-order valence-electron chi connectivity index (χ0n) is 11.1. The molecular formula is C14H15ClN4. The number of nitrogen functional groups attached to an aromatic ring is 1. The molecule has 0 aliphatic rings. The van der Waals surface area contributed by atoms with E-state index in [1.54, 1.807) is 10.9 Å². The van der Waals surface area contributed by atoms with Gasteiger partial charge in [0.05, 0.1) is 28.1 Å². The van der Waals surface area contributed by atoms with Crippen molar-refractivity contribution in [1.82, 2.24) is 14.3 Å². The maximum atomic E-state index is 6.39. The van der Waals surface area contributed by atoms with Crippen LogP contribution in [0, 0.1) is 6.92 Å². The quantitative estimate of drug-likeness (QED) is 0.741. The molecule has 2 aromatic heterocycles. The van der Waals surface area contributed by atoms with Crippen molar-refractivity contribution in [2.24, 2.45) is 14.1 Å². The second-order valence-electron chi connectivity index (χ2n) is 4.73. The average molecular weight is 275 g/mol. The van der Waals surface area contributed by atoms with Crippen molar-refractivity contribution in [2.75, 3.05) is 5.73 Å². The van der Waals surface area contributed by atoms with Gasteiger partial charge in [-0.2, -0.15) is 5.10 Å². The summed E-state index contributed by atoms with van der Waals surface area (Å²) in [4.78, 5) is 0. The summed E-state index contributed by atoms with van der Waals surface area (Å²) < 4.78 is 3.92. The monoisotopic (exact) mass is 274 g/mol. The largest absolute Gasteiger partial charge is 0.396 e. The van der Waals surface area contributed by atoms with E-state index in [0.29, 0.717) is 5.69 Å². The van der Waals surface area contributed by atoms with Gasteiger partial charge < -0.3 is 10.3 Å². The molecule has 0 spiro atoms. The van der Waals surface area contributed by atoms with Crippen LogP contribution in [0.3, 0.4) is 0 Å². The summed E-state index contributed by atoms with van der Waals surface area (Å²) >= 11 is 6.39. The first-order valence-electron chi connectivity index (χ1n) is 6.03. The predicted molar refractivity (Wildman–Crippen MR) is 79.3 cm³/mol. The highest BCUT2D eigenvalue weighted by Crippen LogP contribution is 2.39. The molecule has 19 heavy (non-hydrogen) atoms. The summed E-state index contributed by atoms with van der Waals surface area (Å²) in [6.45, 7) is 2.07. The number of fused-ring (bicyclic) bond motifs is 1. The second kappa shape index (κ2) is 4.03. The number of benzene rings is 1. The maximum Gasteiger partial charge on any atom is 0.0933 e. The fraction of sp³-hybridized carbons (Fsp3) is 0.214. The van der Waals surface area contributed by atoms with Gasteiger partial charge in [-0.3, -0.25) is 4.68 Å². The van der Waals surface area contributed by atoms with Gasteiger partial charge in [0.2, 0.25) is 0 Å². The fourth-order valence-electron chi connectivity index (χ4n) is 2.62. The average Bonchev–Trinajstić information content (AvgIpc) is 2.82. The van der Waals surface area contributed by atoms with Gasteiger partial charge >= 0.3 is 0 Å². The highest BCUT2D eigenvalue weighted by molar-refractivity contribution is 6.36. The molecule has 0 aliphatic carbocycles. The molecule has 0 saturated heterocycles. The summed E-state index contributed by atoms with van der Waals surface area (Å²) in [5.74, 6) is 0. The molecular weight excluding hydrogens is 260 g/mol. The number of hydrogen-bond acceptors (Lipinski definition) is 2. The minimum atomic E-state index is 0.665. The van der Waals surface area contributed by atoms with Crippen LogP contribution in [0.25, 0.3) is 22.2 Å². The zero-order chi connectivity index (χ0) is 13.7.